The molecule has 6 heteroatoms. The Hall–Kier alpha value is -2.53. The number of carboxylic acid groups (broad SMARTS) is 1. The van der Waals surface area contributed by atoms with Crippen molar-refractivity contribution in [3.8, 4) is 11.5 Å². The highest BCUT2D eigenvalue weighted by atomic mass is 35.5. The Balaban J connectivity index is 2.10. The molecule has 2 aromatic rings. The number of aliphatic carboxylic acids is 1. The molecule has 112 valence electrons. The summed E-state index contributed by atoms with van der Waals surface area (Å²) in [7, 11) is 0. The second-order valence-corrected chi connectivity index (χ2v) is 5.15. The van der Waals surface area contributed by atoms with E-state index < -0.39 is 5.97 Å². The average molecular weight is 319 g/mol. The fourth-order valence-electron chi connectivity index (χ4n) is 2.30. The molecule has 0 aromatic heterocycles. The lowest BCUT2D eigenvalue weighted by Gasteiger charge is -2.10. The molecule has 5 nitrogen and oxygen atoms in total. The lowest BCUT2D eigenvalue weighted by atomic mass is 9.96. The Morgan fingerprint density at radius 1 is 1.09 bits per heavy atom. The molecule has 1 aliphatic rings. The minimum Gasteiger partial charge on any atom is -0.481 e. The van der Waals surface area contributed by atoms with Crippen molar-refractivity contribution in [1.29, 1.82) is 0 Å². The van der Waals surface area contributed by atoms with Gasteiger partial charge in [-0.05, 0) is 29.8 Å². The van der Waals surface area contributed by atoms with Gasteiger partial charge in [0.15, 0.2) is 17.3 Å². The molecule has 0 aliphatic carbocycles. The first kappa shape index (κ1) is 14.4. The van der Waals surface area contributed by atoms with Gasteiger partial charge in [-0.3, -0.25) is 9.59 Å². The third-order valence-corrected chi connectivity index (χ3v) is 3.63. The smallest absolute Gasteiger partial charge is 0.307 e. The van der Waals surface area contributed by atoms with Crippen LogP contribution >= 0.6 is 11.6 Å². The van der Waals surface area contributed by atoms with Crippen LogP contribution in [0, 0.1) is 0 Å². The Morgan fingerprint density at radius 2 is 1.77 bits per heavy atom. The number of ketones is 1. The van der Waals surface area contributed by atoms with Crippen LogP contribution in [0.1, 0.15) is 21.5 Å². The molecule has 1 aliphatic heterocycles. The molecule has 3 rings (SSSR count). The zero-order valence-corrected chi connectivity index (χ0v) is 12.1. The van der Waals surface area contributed by atoms with Crippen LogP contribution in [0.15, 0.2) is 36.4 Å². The molecule has 22 heavy (non-hydrogen) atoms. The van der Waals surface area contributed by atoms with Gasteiger partial charge in [-0.2, -0.15) is 0 Å². The van der Waals surface area contributed by atoms with Crippen molar-refractivity contribution in [2.45, 2.75) is 6.42 Å². The highest BCUT2D eigenvalue weighted by Gasteiger charge is 2.23. The second kappa shape index (κ2) is 5.69. The third kappa shape index (κ3) is 2.63. The molecule has 0 saturated heterocycles. The van der Waals surface area contributed by atoms with E-state index in [0.29, 0.717) is 27.6 Å². The number of carbonyl (C=O) groups excluding carboxylic acids is 1. The second-order valence-electron chi connectivity index (χ2n) is 4.74. The van der Waals surface area contributed by atoms with Gasteiger partial charge in [-0.15, -0.1) is 0 Å². The Kier molecular flexibility index (Phi) is 3.73. The molecular formula is C16H11ClO5. The first-order chi connectivity index (χ1) is 10.6. The minimum absolute atomic E-state index is 0.0472. The monoisotopic (exact) mass is 318 g/mol. The highest BCUT2D eigenvalue weighted by molar-refractivity contribution is 6.35. The summed E-state index contributed by atoms with van der Waals surface area (Å²) in [5, 5.41) is 9.35. The van der Waals surface area contributed by atoms with Crippen molar-refractivity contribution in [2.24, 2.45) is 0 Å². The van der Waals surface area contributed by atoms with E-state index in [1.807, 2.05) is 0 Å². The summed E-state index contributed by atoms with van der Waals surface area (Å²) in [6, 6.07) is 9.66. The number of rotatable bonds is 4. The van der Waals surface area contributed by atoms with Crippen LogP contribution in [0.2, 0.25) is 5.02 Å². The summed E-state index contributed by atoms with van der Waals surface area (Å²) in [5.41, 5.74) is 0.927. The predicted molar refractivity (Wildman–Crippen MR) is 78.8 cm³/mol. The largest absolute Gasteiger partial charge is 0.481 e. The van der Waals surface area contributed by atoms with Crippen LogP contribution in [-0.2, 0) is 11.2 Å². The van der Waals surface area contributed by atoms with Gasteiger partial charge in [0, 0.05) is 11.1 Å². The topological polar surface area (TPSA) is 72.8 Å². The Morgan fingerprint density at radius 3 is 2.45 bits per heavy atom. The van der Waals surface area contributed by atoms with Crippen LogP contribution in [0.25, 0.3) is 0 Å². The first-order valence-corrected chi connectivity index (χ1v) is 6.87. The molecule has 0 fully saturated rings. The molecule has 0 radical (unpaired) electrons. The van der Waals surface area contributed by atoms with E-state index in [1.165, 1.54) is 12.1 Å². The van der Waals surface area contributed by atoms with Gasteiger partial charge in [-0.1, -0.05) is 23.7 Å². The summed E-state index contributed by atoms with van der Waals surface area (Å²) in [4.78, 5) is 23.7. The van der Waals surface area contributed by atoms with Crippen LogP contribution in [0.5, 0.6) is 11.5 Å². The van der Waals surface area contributed by atoms with Crippen LogP contribution < -0.4 is 9.47 Å². The van der Waals surface area contributed by atoms with E-state index in [-0.39, 0.29) is 24.6 Å². The fraction of sp³-hybridized carbons (Fsp3) is 0.125. The number of fused-ring (bicyclic) bond motifs is 1. The highest BCUT2D eigenvalue weighted by Crippen LogP contribution is 2.36. The maximum absolute atomic E-state index is 12.7. The Labute approximate surface area is 131 Å². The van der Waals surface area contributed by atoms with Gasteiger partial charge in [0.1, 0.15) is 0 Å². The van der Waals surface area contributed by atoms with Crippen molar-refractivity contribution in [3.05, 3.63) is 58.1 Å². The lowest BCUT2D eigenvalue weighted by molar-refractivity contribution is -0.136. The number of carboxylic acids is 1. The summed E-state index contributed by atoms with van der Waals surface area (Å²) >= 11 is 6.05. The van der Waals surface area contributed by atoms with Crippen molar-refractivity contribution >= 4 is 23.4 Å². The maximum atomic E-state index is 12.7. The number of benzene rings is 2. The molecule has 0 unspecified atom stereocenters. The summed E-state index contributed by atoms with van der Waals surface area (Å²) in [5.74, 6) is -0.524. The zero-order chi connectivity index (χ0) is 15.7. The van der Waals surface area contributed by atoms with Crippen LogP contribution in [0.4, 0.5) is 0 Å². The molecule has 2 aromatic carbocycles. The van der Waals surface area contributed by atoms with Crippen molar-refractivity contribution < 1.29 is 24.2 Å². The quantitative estimate of drug-likeness (QED) is 0.877. The normalized spacial score (nSPS) is 12.2. The van der Waals surface area contributed by atoms with E-state index >= 15 is 0 Å². The fourth-order valence-corrected chi connectivity index (χ4v) is 2.52. The molecule has 0 saturated carbocycles. The van der Waals surface area contributed by atoms with Crippen molar-refractivity contribution in [2.75, 3.05) is 6.79 Å². The summed E-state index contributed by atoms with van der Waals surface area (Å²) in [6.07, 6.45) is -0.290. The number of hydrogen-bond donors (Lipinski definition) is 1. The van der Waals surface area contributed by atoms with Crippen molar-refractivity contribution in [1.82, 2.24) is 0 Å². The SMILES string of the molecule is O=C(O)Cc1cc2c(cc1C(=O)c1ccccc1Cl)OCO2. The standard InChI is InChI=1S/C16H11ClO5/c17-12-4-2-1-3-10(12)16(20)11-7-14-13(21-8-22-14)5-9(11)6-15(18)19/h1-5,7H,6,8H2,(H,18,19). The summed E-state index contributed by atoms with van der Waals surface area (Å²) in [6.45, 7) is 0.0472. The third-order valence-electron chi connectivity index (χ3n) is 3.30. The first-order valence-electron chi connectivity index (χ1n) is 6.50. The van der Waals surface area contributed by atoms with E-state index in [1.54, 1.807) is 24.3 Å². The molecule has 1 N–H and O–H groups in total. The minimum atomic E-state index is -1.04. The lowest BCUT2D eigenvalue weighted by Crippen LogP contribution is -2.10. The van der Waals surface area contributed by atoms with Gasteiger partial charge in [0.05, 0.1) is 11.4 Å². The zero-order valence-electron chi connectivity index (χ0n) is 11.3. The van der Waals surface area contributed by atoms with E-state index in [4.69, 9.17) is 26.2 Å². The maximum Gasteiger partial charge on any atom is 0.307 e. The summed E-state index contributed by atoms with van der Waals surface area (Å²) < 4.78 is 10.5. The average Bonchev–Trinajstić information content (AvgIpc) is 2.93. The molecular weight excluding hydrogens is 308 g/mol. The molecule has 0 atom stereocenters. The van der Waals surface area contributed by atoms with Crippen LogP contribution in [0.3, 0.4) is 0 Å². The van der Waals surface area contributed by atoms with E-state index in [0.717, 1.165) is 0 Å². The Bertz CT molecular complexity index is 769. The van der Waals surface area contributed by atoms with Gasteiger partial charge in [0.2, 0.25) is 6.79 Å². The van der Waals surface area contributed by atoms with Gasteiger partial charge < -0.3 is 14.6 Å². The number of ether oxygens (including phenoxy) is 2. The van der Waals surface area contributed by atoms with E-state index in [2.05, 4.69) is 0 Å². The van der Waals surface area contributed by atoms with E-state index in [9.17, 15) is 9.59 Å². The van der Waals surface area contributed by atoms with Crippen LogP contribution in [-0.4, -0.2) is 23.7 Å². The van der Waals surface area contributed by atoms with Gasteiger partial charge >= 0.3 is 5.97 Å². The predicted octanol–water partition coefficient (Wildman–Crippen LogP) is 2.93. The molecule has 0 bridgehead atoms. The molecule has 0 spiro atoms. The molecule has 1 heterocycles. The number of hydrogen-bond acceptors (Lipinski definition) is 4. The molecule has 0 amide bonds. The van der Waals surface area contributed by atoms with Crippen molar-refractivity contribution in [3.63, 3.8) is 0 Å². The number of carbonyl (C=O) groups is 2. The number of halogens is 1. The van der Waals surface area contributed by atoms with Gasteiger partial charge in [0.25, 0.3) is 0 Å². The van der Waals surface area contributed by atoms with Gasteiger partial charge in [-0.25, -0.2) is 0 Å².